The van der Waals surface area contributed by atoms with Crippen molar-refractivity contribution in [2.24, 2.45) is 0 Å². The van der Waals surface area contributed by atoms with Crippen LogP contribution in [0, 0.1) is 116 Å². The summed E-state index contributed by atoms with van der Waals surface area (Å²) < 4.78 is 303. The van der Waals surface area contributed by atoms with Gasteiger partial charge < -0.3 is 9.97 Å². The first-order valence-electron chi connectivity index (χ1n) is 18.3. The minimum absolute atomic E-state index is 0. The number of nitrogens with one attached hydrogen (secondary N) is 2. The average molecular weight is 1170 g/mol. The summed E-state index contributed by atoms with van der Waals surface area (Å²) in [6, 6.07) is 2.51. The molecule has 2 N–H and O–H groups in total. The van der Waals surface area contributed by atoms with E-state index in [1.807, 2.05) is 0 Å². The van der Waals surface area contributed by atoms with E-state index in [4.69, 9.17) is 0 Å². The summed E-state index contributed by atoms with van der Waals surface area (Å²) in [5, 5.41) is 0. The summed E-state index contributed by atoms with van der Waals surface area (Å²) in [6.07, 6.45) is 2.40. The number of H-pyrrole nitrogens is 2. The van der Waals surface area contributed by atoms with Gasteiger partial charge in [-0.3, -0.25) is 0 Å². The van der Waals surface area contributed by atoms with Gasteiger partial charge in [-0.2, -0.15) is 0 Å². The van der Waals surface area contributed by atoms with Crippen LogP contribution in [0.5, 0.6) is 0 Å². The van der Waals surface area contributed by atoms with Crippen LogP contribution in [-0.2, 0) is 21.1 Å². The van der Waals surface area contributed by atoms with Crippen molar-refractivity contribution in [2.45, 2.75) is 0 Å². The van der Waals surface area contributed by atoms with Crippen molar-refractivity contribution in [2.75, 3.05) is 0 Å². The Morgan fingerprint density at radius 1 is 0.217 bits per heavy atom. The number of nitrogens with zero attached hydrogens (tertiary/aromatic N) is 2. The number of halogens is 20. The monoisotopic (exact) mass is 1170 g/mol. The standard InChI is InChI=1S/C44H10F20N4.Pt/c45-25-21(26(46)34(54)41(61)33(25)53)17-9-1-2-10(65-9)18(22-27(47)35(55)42(62)36(56)28(22)48)12-5-6-14(67-12)20(24-31(51)39(59)44(64)40(60)32(24)52)16-8-7-15(68-16)19(13-4-3-11(17)66-13)23-29(49)37(57)43(63)38(58)30(23)50;/h1-8,65,68H;/q;+2. The molecule has 0 amide bonds. The van der Waals surface area contributed by atoms with E-state index in [2.05, 4.69) is 19.9 Å². The quantitative estimate of drug-likeness (QED) is 0.105. The van der Waals surface area contributed by atoms with Crippen molar-refractivity contribution < 1.29 is 109 Å². The molecule has 25 heteroatoms. The van der Waals surface area contributed by atoms with E-state index >= 15 is 35.1 Å². The molecule has 0 saturated carbocycles. The fourth-order valence-corrected chi connectivity index (χ4v) is 7.56. The molecule has 69 heavy (non-hydrogen) atoms. The first-order chi connectivity index (χ1) is 32.1. The van der Waals surface area contributed by atoms with Crippen LogP contribution < -0.4 is 0 Å². The summed E-state index contributed by atoms with van der Waals surface area (Å²) >= 11 is 0. The average Bonchev–Trinajstić information content (AvgIpc) is 4.18. The SMILES string of the molecule is Fc1c(F)c(F)c(-c2c3nc(c(-c4c(F)c(F)c(F)c(F)c4F)c4ccc([nH]4)c(-c4c(F)c(F)c(F)c(F)c4F)c4nc(c(-c5c(F)c(F)c(F)c(F)c5F)c5ccc2[nH]5)C=C4)C=C3)c(F)c1F.[Pt+2]. The predicted octanol–water partition coefficient (Wildman–Crippen LogP) is 14.1. The van der Waals surface area contributed by atoms with Crippen molar-refractivity contribution in [3.05, 3.63) is 163 Å². The van der Waals surface area contributed by atoms with Gasteiger partial charge in [-0.05, 0) is 48.6 Å². The van der Waals surface area contributed by atoms with Crippen molar-refractivity contribution in [3.8, 4) is 44.5 Å². The second-order valence-electron chi connectivity index (χ2n) is 14.3. The van der Waals surface area contributed by atoms with Crippen molar-refractivity contribution in [1.29, 1.82) is 0 Å². The van der Waals surface area contributed by atoms with Crippen LogP contribution in [0.15, 0.2) is 24.3 Å². The molecular weight excluding hydrogens is 1160 g/mol. The van der Waals surface area contributed by atoms with Gasteiger partial charge in [0.2, 0.25) is 23.3 Å². The molecule has 3 aromatic heterocycles. The van der Waals surface area contributed by atoms with Crippen LogP contribution in [0.3, 0.4) is 0 Å². The maximum absolute atomic E-state index is 15.8. The zero-order valence-electron chi connectivity index (χ0n) is 32.4. The van der Waals surface area contributed by atoms with Crippen LogP contribution in [0.2, 0.25) is 0 Å². The van der Waals surface area contributed by atoms with Crippen molar-refractivity contribution in [1.82, 2.24) is 19.9 Å². The molecule has 0 aliphatic carbocycles. The number of aromatic nitrogens is 4. The van der Waals surface area contributed by atoms with E-state index < -0.39 is 206 Å². The molecular formula is C44H10F20N4Pt+2. The number of aromatic amines is 2. The number of benzene rings is 4. The molecule has 0 atom stereocenters. The molecule has 7 aromatic rings. The first kappa shape index (κ1) is 48.2. The van der Waals surface area contributed by atoms with Crippen molar-refractivity contribution in [3.63, 3.8) is 0 Å². The Morgan fingerprint density at radius 2 is 0.362 bits per heavy atom. The van der Waals surface area contributed by atoms with Crippen LogP contribution in [0.1, 0.15) is 22.8 Å². The van der Waals surface area contributed by atoms with Crippen LogP contribution in [-0.4, -0.2) is 19.9 Å². The van der Waals surface area contributed by atoms with Crippen molar-refractivity contribution >= 4 is 46.4 Å². The van der Waals surface area contributed by atoms with E-state index in [0.717, 1.165) is 0 Å². The Kier molecular flexibility index (Phi) is 11.9. The van der Waals surface area contributed by atoms with E-state index in [1.165, 1.54) is 0 Å². The number of fused-ring (bicyclic) bond motifs is 8. The second kappa shape index (κ2) is 17.1. The van der Waals surface area contributed by atoms with Gasteiger partial charge in [0.15, 0.2) is 93.1 Å². The van der Waals surface area contributed by atoms with Gasteiger partial charge in [-0.25, -0.2) is 97.8 Å². The van der Waals surface area contributed by atoms with Crippen LogP contribution in [0.25, 0.3) is 90.9 Å². The molecule has 2 aliphatic rings. The van der Waals surface area contributed by atoms with Gasteiger partial charge in [-0.1, -0.05) is 0 Å². The molecule has 0 unspecified atom stereocenters. The summed E-state index contributed by atoms with van der Waals surface area (Å²) in [4.78, 5) is 12.3. The zero-order chi connectivity index (χ0) is 49.3. The Morgan fingerprint density at radius 3 is 0.522 bits per heavy atom. The summed E-state index contributed by atoms with van der Waals surface area (Å²) in [6.45, 7) is 0. The molecule has 9 rings (SSSR count). The predicted molar refractivity (Wildman–Crippen MR) is 200 cm³/mol. The third-order valence-corrected chi connectivity index (χ3v) is 10.6. The molecule has 5 heterocycles. The minimum Gasteiger partial charge on any atom is -0.354 e. The summed E-state index contributed by atoms with van der Waals surface area (Å²) in [7, 11) is 0. The topological polar surface area (TPSA) is 57.4 Å². The number of rotatable bonds is 4. The molecule has 354 valence electrons. The molecule has 0 saturated heterocycles. The van der Waals surface area contributed by atoms with Gasteiger partial charge in [0.25, 0.3) is 0 Å². The Balaban J connectivity index is 0.00000642. The molecule has 0 radical (unpaired) electrons. The maximum atomic E-state index is 15.8. The smallest absolute Gasteiger partial charge is 0.354 e. The molecule has 0 fully saturated rings. The Hall–Kier alpha value is -7.23. The second-order valence-corrected chi connectivity index (χ2v) is 14.3. The summed E-state index contributed by atoms with van der Waals surface area (Å²) in [5.41, 5.74) is -20.5. The molecule has 2 aliphatic heterocycles. The fraction of sp³-hybridized carbons (Fsp3) is 0. The fourth-order valence-electron chi connectivity index (χ4n) is 7.56. The maximum Gasteiger partial charge on any atom is 2.00 e. The van der Waals surface area contributed by atoms with E-state index in [1.54, 1.807) is 0 Å². The van der Waals surface area contributed by atoms with Gasteiger partial charge >= 0.3 is 21.1 Å². The molecule has 8 bridgehead atoms. The minimum atomic E-state index is -2.72. The van der Waals surface area contributed by atoms with E-state index in [-0.39, 0.29) is 21.1 Å². The third-order valence-electron chi connectivity index (χ3n) is 10.6. The van der Waals surface area contributed by atoms with Gasteiger partial charge in [0.1, 0.15) is 0 Å². The molecule has 4 aromatic carbocycles. The van der Waals surface area contributed by atoms with Gasteiger partial charge in [-0.15, -0.1) is 0 Å². The Labute approximate surface area is 382 Å². The number of hydrogen-bond donors (Lipinski definition) is 2. The van der Waals surface area contributed by atoms with Crippen LogP contribution >= 0.6 is 0 Å². The summed E-state index contributed by atoms with van der Waals surface area (Å²) in [5.74, 6) is -52.6. The van der Waals surface area contributed by atoms with Crippen LogP contribution in [0.4, 0.5) is 87.8 Å². The van der Waals surface area contributed by atoms with E-state index in [9.17, 15) is 52.7 Å². The Bertz CT molecular complexity index is 3120. The first-order valence-corrected chi connectivity index (χ1v) is 18.3. The van der Waals surface area contributed by atoms with Gasteiger partial charge in [0, 0.05) is 44.3 Å². The molecule has 4 nitrogen and oxygen atoms in total. The molecule has 0 spiro atoms. The van der Waals surface area contributed by atoms with Gasteiger partial charge in [0.05, 0.1) is 45.0 Å². The number of hydrogen-bond acceptors (Lipinski definition) is 2. The normalized spacial score (nSPS) is 12.1. The third kappa shape index (κ3) is 7.03. The largest absolute Gasteiger partial charge is 2.00 e. The zero-order valence-corrected chi connectivity index (χ0v) is 34.7. The van der Waals surface area contributed by atoms with E-state index in [0.29, 0.717) is 48.6 Å².